The molecule has 0 saturated heterocycles. The van der Waals surface area contributed by atoms with Gasteiger partial charge in [0, 0.05) is 4.92 Å². The van der Waals surface area contributed by atoms with Crippen LogP contribution in [0.15, 0.2) is 0 Å². The van der Waals surface area contributed by atoms with Gasteiger partial charge in [-0.15, -0.1) is 5.48 Å². The van der Waals surface area contributed by atoms with Crippen molar-refractivity contribution in [3.63, 3.8) is 0 Å². The molecule has 0 radical (unpaired) electrons. The number of rotatable bonds is 2. The predicted octanol–water partition coefficient (Wildman–Crippen LogP) is -0.801. The number of nitrogens with zero attached hydrogens (tertiary/aromatic N) is 1. The molecule has 0 atom stereocenters. The van der Waals surface area contributed by atoms with Crippen LogP contribution in [0.3, 0.4) is 0 Å². The van der Waals surface area contributed by atoms with E-state index in [0.717, 1.165) is 0 Å². The van der Waals surface area contributed by atoms with Gasteiger partial charge in [-0.05, 0) is 0 Å². The summed E-state index contributed by atoms with van der Waals surface area (Å²) in [5.41, 5.74) is 1.37. The molecule has 0 amide bonds. The first-order valence-electron chi connectivity index (χ1n) is 1.26. The lowest BCUT2D eigenvalue weighted by molar-refractivity contribution is -0.495. The largest absolute Gasteiger partial charge is 0.311 e. The van der Waals surface area contributed by atoms with Crippen molar-refractivity contribution in [1.82, 2.24) is 5.48 Å². The van der Waals surface area contributed by atoms with Gasteiger partial charge >= 0.3 is 0 Å². The smallest absolute Gasteiger partial charge is 0.277 e. The maximum absolute atomic E-state index is 9.18. The maximum atomic E-state index is 9.18. The first-order valence-corrected chi connectivity index (χ1v) is 1.26. The van der Waals surface area contributed by atoms with Crippen LogP contribution in [0.1, 0.15) is 0 Å². The Labute approximate surface area is 33.7 Å². The van der Waals surface area contributed by atoms with Crippen LogP contribution >= 0.6 is 0 Å². The highest BCUT2D eigenvalue weighted by Crippen LogP contribution is 1.54. The lowest BCUT2D eigenvalue weighted by Gasteiger charge is -1.82. The minimum Gasteiger partial charge on any atom is -0.311 e. The van der Waals surface area contributed by atoms with Crippen molar-refractivity contribution in [2.75, 3.05) is 6.67 Å². The summed E-state index contributed by atoms with van der Waals surface area (Å²) in [4.78, 5) is 8.50. The highest BCUT2D eigenvalue weighted by Gasteiger charge is 1.85. The molecular formula is CH4N2O3. The third-order valence-corrected chi connectivity index (χ3v) is 0.200. The third kappa shape index (κ3) is 3.32. The van der Waals surface area contributed by atoms with E-state index in [1.54, 1.807) is 0 Å². The fraction of sp³-hybridized carbons (Fsp3) is 1.00. The SMILES string of the molecule is O=[N+]([O-])CNO. The predicted molar refractivity (Wildman–Crippen MR) is 16.8 cm³/mol. The van der Waals surface area contributed by atoms with Gasteiger partial charge in [-0.1, -0.05) is 0 Å². The Morgan fingerprint density at radius 1 is 2.00 bits per heavy atom. The Bertz CT molecular complexity index is 52.8. The van der Waals surface area contributed by atoms with Gasteiger partial charge in [0.1, 0.15) is 0 Å². The molecule has 0 aromatic carbocycles. The fourth-order valence-corrected chi connectivity index (χ4v) is 0.0577. The lowest BCUT2D eigenvalue weighted by Crippen LogP contribution is -2.16. The molecule has 0 aromatic rings. The zero-order valence-electron chi connectivity index (χ0n) is 2.92. The number of hydroxylamine groups is 1. The Hall–Kier alpha value is -0.680. The molecule has 0 unspecified atom stereocenters. The van der Waals surface area contributed by atoms with Crippen LogP contribution in [0.25, 0.3) is 0 Å². The molecule has 2 N–H and O–H groups in total. The van der Waals surface area contributed by atoms with Gasteiger partial charge < -0.3 is 5.21 Å². The standard InChI is InChI=1S/CH4N2O3/c4-2-1-3(5)6/h2,4H,1H2. The summed E-state index contributed by atoms with van der Waals surface area (Å²) in [5.74, 6) is 0. The summed E-state index contributed by atoms with van der Waals surface area (Å²) in [5, 5.41) is 16.7. The quantitative estimate of drug-likeness (QED) is 0.265. The van der Waals surface area contributed by atoms with E-state index in [9.17, 15) is 10.1 Å². The summed E-state index contributed by atoms with van der Waals surface area (Å²) >= 11 is 0. The van der Waals surface area contributed by atoms with Crippen molar-refractivity contribution >= 4 is 0 Å². The zero-order chi connectivity index (χ0) is 4.99. The number of hydrogen-bond donors (Lipinski definition) is 2. The first kappa shape index (κ1) is 5.32. The van der Waals surface area contributed by atoms with Gasteiger partial charge in [0.2, 0.25) is 0 Å². The highest BCUT2D eigenvalue weighted by atomic mass is 16.6. The van der Waals surface area contributed by atoms with Gasteiger partial charge in [0.05, 0.1) is 0 Å². The summed E-state index contributed by atoms with van der Waals surface area (Å²) in [7, 11) is 0. The van der Waals surface area contributed by atoms with Crippen LogP contribution in [0.5, 0.6) is 0 Å². The molecule has 0 aromatic heterocycles. The van der Waals surface area contributed by atoms with Crippen LogP contribution in [0.2, 0.25) is 0 Å². The van der Waals surface area contributed by atoms with E-state index in [1.165, 1.54) is 5.48 Å². The van der Waals surface area contributed by atoms with E-state index in [1.807, 2.05) is 0 Å². The van der Waals surface area contributed by atoms with E-state index in [0.29, 0.717) is 0 Å². The molecule has 0 aliphatic carbocycles. The van der Waals surface area contributed by atoms with Crippen molar-refractivity contribution in [1.29, 1.82) is 0 Å². The fourth-order valence-electron chi connectivity index (χ4n) is 0.0577. The Balaban J connectivity index is 2.83. The van der Waals surface area contributed by atoms with Crippen LogP contribution in [0.4, 0.5) is 0 Å². The molecule has 6 heavy (non-hydrogen) atoms. The van der Waals surface area contributed by atoms with E-state index < -0.39 is 11.6 Å². The van der Waals surface area contributed by atoms with Crippen LogP contribution in [0, 0.1) is 10.1 Å². The van der Waals surface area contributed by atoms with E-state index in [2.05, 4.69) is 0 Å². The van der Waals surface area contributed by atoms with Gasteiger partial charge in [-0.3, -0.25) is 10.1 Å². The Morgan fingerprint density at radius 2 is 2.50 bits per heavy atom. The molecule has 0 aliphatic heterocycles. The molecule has 36 valence electrons. The van der Waals surface area contributed by atoms with Crippen molar-refractivity contribution in [2.45, 2.75) is 0 Å². The second-order valence-corrected chi connectivity index (χ2v) is 0.649. The van der Waals surface area contributed by atoms with Gasteiger partial charge in [-0.2, -0.15) is 0 Å². The second-order valence-electron chi connectivity index (χ2n) is 0.649. The van der Waals surface area contributed by atoms with Crippen molar-refractivity contribution < 1.29 is 10.1 Å². The molecule has 0 bridgehead atoms. The van der Waals surface area contributed by atoms with Crippen molar-refractivity contribution in [3.8, 4) is 0 Å². The van der Waals surface area contributed by atoms with Crippen molar-refractivity contribution in [3.05, 3.63) is 10.1 Å². The number of hydrogen-bond acceptors (Lipinski definition) is 4. The van der Waals surface area contributed by atoms with Crippen LogP contribution < -0.4 is 5.48 Å². The molecule has 0 fully saturated rings. The van der Waals surface area contributed by atoms with E-state index in [-0.39, 0.29) is 0 Å². The number of nitrogens with one attached hydrogen (secondary N) is 1. The monoisotopic (exact) mass is 92.0 g/mol. The third-order valence-electron chi connectivity index (χ3n) is 0.200. The molecular weight excluding hydrogens is 88.0 g/mol. The average molecular weight is 92.1 g/mol. The van der Waals surface area contributed by atoms with Crippen molar-refractivity contribution in [2.24, 2.45) is 0 Å². The van der Waals surface area contributed by atoms with Gasteiger partial charge in [0.25, 0.3) is 6.67 Å². The molecule has 0 heterocycles. The lowest BCUT2D eigenvalue weighted by atomic mass is 11.2. The molecule has 5 heteroatoms. The summed E-state index contributed by atoms with van der Waals surface area (Å²) in [6.45, 7) is -0.597. The molecule has 0 rings (SSSR count). The first-order chi connectivity index (χ1) is 2.77. The van der Waals surface area contributed by atoms with Crippen LogP contribution in [-0.4, -0.2) is 16.8 Å². The maximum Gasteiger partial charge on any atom is 0.277 e. The summed E-state index contributed by atoms with van der Waals surface area (Å²) in [6.07, 6.45) is 0. The second kappa shape index (κ2) is 2.55. The zero-order valence-corrected chi connectivity index (χ0v) is 2.92. The normalized spacial score (nSPS) is 8.17. The van der Waals surface area contributed by atoms with Gasteiger partial charge in [0.15, 0.2) is 0 Å². The summed E-state index contributed by atoms with van der Waals surface area (Å²) < 4.78 is 0. The van der Waals surface area contributed by atoms with Crippen LogP contribution in [-0.2, 0) is 0 Å². The Kier molecular flexibility index (Phi) is 2.26. The molecule has 0 aliphatic rings. The molecule has 0 spiro atoms. The van der Waals surface area contributed by atoms with E-state index in [4.69, 9.17) is 5.21 Å². The number of nitro groups is 1. The highest BCUT2D eigenvalue weighted by molar-refractivity contribution is 4.04. The topological polar surface area (TPSA) is 75.4 Å². The van der Waals surface area contributed by atoms with E-state index >= 15 is 0 Å². The molecule has 0 saturated carbocycles. The van der Waals surface area contributed by atoms with Gasteiger partial charge in [-0.25, -0.2) is 0 Å². The minimum atomic E-state index is -0.681. The Morgan fingerprint density at radius 3 is 2.50 bits per heavy atom. The summed E-state index contributed by atoms with van der Waals surface area (Å²) in [6, 6.07) is 0. The molecule has 5 nitrogen and oxygen atoms in total. The average Bonchev–Trinajstić information content (AvgIpc) is 1.35. The minimum absolute atomic E-state index is 0.597.